The van der Waals surface area contributed by atoms with Crippen LogP contribution in [0.2, 0.25) is 0 Å². The molecule has 0 saturated carbocycles. The highest BCUT2D eigenvalue weighted by Gasteiger charge is 2.21. The van der Waals surface area contributed by atoms with Crippen molar-refractivity contribution in [3.8, 4) is 27.9 Å². The molecule has 10 aromatic rings. The highest BCUT2D eigenvalue weighted by atomic mass is 32.1. The van der Waals surface area contributed by atoms with Crippen molar-refractivity contribution in [2.75, 3.05) is 4.90 Å². The number of anilines is 3. The van der Waals surface area contributed by atoms with E-state index in [0.29, 0.717) is 0 Å². The van der Waals surface area contributed by atoms with Crippen LogP contribution >= 0.6 is 11.3 Å². The van der Waals surface area contributed by atoms with E-state index in [-0.39, 0.29) is 0 Å². The van der Waals surface area contributed by atoms with Crippen molar-refractivity contribution in [2.45, 2.75) is 0 Å². The molecular weight excluding hydrogens is 637 g/mol. The van der Waals surface area contributed by atoms with Crippen LogP contribution in [0.3, 0.4) is 0 Å². The maximum absolute atomic E-state index is 2.45. The van der Waals surface area contributed by atoms with Gasteiger partial charge in [0.1, 0.15) is 0 Å². The first-order valence-corrected chi connectivity index (χ1v) is 18.2. The maximum atomic E-state index is 2.45. The molecule has 51 heavy (non-hydrogen) atoms. The number of thiophene rings is 1. The zero-order valence-electron chi connectivity index (χ0n) is 27.8. The summed E-state index contributed by atoms with van der Waals surface area (Å²) in [6.07, 6.45) is 0. The number of fused-ring (bicyclic) bond motifs is 6. The molecule has 0 amide bonds. The van der Waals surface area contributed by atoms with E-state index < -0.39 is 0 Å². The van der Waals surface area contributed by atoms with Crippen molar-refractivity contribution in [1.29, 1.82) is 0 Å². The molecule has 2 nitrogen and oxygen atoms in total. The van der Waals surface area contributed by atoms with E-state index in [1.54, 1.807) is 0 Å². The zero-order chi connectivity index (χ0) is 33.7. The van der Waals surface area contributed by atoms with E-state index in [4.69, 9.17) is 0 Å². The number of aromatic nitrogens is 1. The van der Waals surface area contributed by atoms with Crippen LogP contribution in [0, 0.1) is 0 Å². The number of nitrogens with zero attached hydrogens (tertiary/aromatic N) is 2. The SMILES string of the molecule is c1ccc(-c2ccc(N(c3ccc(-c4ccccc4)cc3)c3cccc4sc5c(-n6c7ccccc7c7ccccc76)cccc5c34)cc2)cc1. The number of para-hydroxylation sites is 2. The lowest BCUT2D eigenvalue weighted by Crippen LogP contribution is -2.10. The van der Waals surface area contributed by atoms with Gasteiger partial charge in [0, 0.05) is 37.6 Å². The van der Waals surface area contributed by atoms with E-state index in [2.05, 4.69) is 204 Å². The Bertz CT molecular complexity index is 2690. The topological polar surface area (TPSA) is 8.17 Å². The summed E-state index contributed by atoms with van der Waals surface area (Å²) in [5, 5.41) is 5.07. The van der Waals surface area contributed by atoms with Crippen LogP contribution in [0.4, 0.5) is 17.1 Å². The molecule has 0 bridgehead atoms. The largest absolute Gasteiger partial charge is 0.310 e. The van der Waals surface area contributed by atoms with Crippen molar-refractivity contribution in [1.82, 2.24) is 4.57 Å². The first-order valence-electron chi connectivity index (χ1n) is 17.4. The Morgan fingerprint density at radius 3 is 1.41 bits per heavy atom. The molecule has 0 aliphatic rings. The molecule has 2 heterocycles. The molecule has 240 valence electrons. The van der Waals surface area contributed by atoms with Crippen LogP contribution in [0.15, 0.2) is 194 Å². The number of hydrogen-bond acceptors (Lipinski definition) is 2. The quantitative estimate of drug-likeness (QED) is 0.171. The molecule has 0 aliphatic carbocycles. The lowest BCUT2D eigenvalue weighted by molar-refractivity contribution is 1.20. The molecule has 0 aliphatic heterocycles. The summed E-state index contributed by atoms with van der Waals surface area (Å²) in [4.78, 5) is 2.42. The molecule has 0 saturated heterocycles. The molecule has 3 heteroatoms. The summed E-state index contributed by atoms with van der Waals surface area (Å²) >= 11 is 1.88. The second-order valence-electron chi connectivity index (χ2n) is 12.9. The summed E-state index contributed by atoms with van der Waals surface area (Å²) in [6.45, 7) is 0. The summed E-state index contributed by atoms with van der Waals surface area (Å²) in [6, 6.07) is 70.2. The molecule has 0 spiro atoms. The Balaban J connectivity index is 1.19. The van der Waals surface area contributed by atoms with Crippen LogP contribution in [0.25, 0.3) is 69.9 Å². The van der Waals surface area contributed by atoms with Crippen molar-refractivity contribution >= 4 is 70.4 Å². The molecular formula is C48H32N2S. The van der Waals surface area contributed by atoms with Gasteiger partial charge in [-0.25, -0.2) is 0 Å². The minimum Gasteiger partial charge on any atom is -0.310 e. The van der Waals surface area contributed by atoms with Gasteiger partial charge in [-0.1, -0.05) is 140 Å². The average Bonchev–Trinajstić information content (AvgIpc) is 3.76. The van der Waals surface area contributed by atoms with Gasteiger partial charge >= 0.3 is 0 Å². The summed E-state index contributed by atoms with van der Waals surface area (Å²) in [5.74, 6) is 0. The fourth-order valence-electron chi connectivity index (χ4n) is 7.65. The van der Waals surface area contributed by atoms with E-state index in [1.807, 2.05) is 11.3 Å². The van der Waals surface area contributed by atoms with Gasteiger partial charge < -0.3 is 9.47 Å². The molecule has 0 unspecified atom stereocenters. The molecule has 0 N–H and O–H groups in total. The molecule has 2 aromatic heterocycles. The number of benzene rings is 8. The van der Waals surface area contributed by atoms with Crippen molar-refractivity contribution in [3.05, 3.63) is 194 Å². The predicted molar refractivity (Wildman–Crippen MR) is 219 cm³/mol. The summed E-state index contributed by atoms with van der Waals surface area (Å²) in [7, 11) is 0. The molecule has 10 rings (SSSR count). The molecule has 0 radical (unpaired) electrons. The van der Waals surface area contributed by atoms with Crippen LogP contribution in [0.1, 0.15) is 0 Å². The monoisotopic (exact) mass is 668 g/mol. The van der Waals surface area contributed by atoms with Gasteiger partial charge in [0.05, 0.1) is 27.1 Å². The second-order valence-corrected chi connectivity index (χ2v) is 14.0. The van der Waals surface area contributed by atoms with E-state index >= 15 is 0 Å². The Hall–Kier alpha value is -6.42. The van der Waals surface area contributed by atoms with Gasteiger partial charge in [-0.2, -0.15) is 0 Å². The van der Waals surface area contributed by atoms with Crippen LogP contribution in [-0.4, -0.2) is 4.57 Å². The third-order valence-electron chi connectivity index (χ3n) is 10.0. The minimum absolute atomic E-state index is 1.12. The first kappa shape index (κ1) is 29.5. The molecule has 0 fully saturated rings. The highest BCUT2D eigenvalue weighted by molar-refractivity contribution is 7.26. The third kappa shape index (κ3) is 4.93. The smallest absolute Gasteiger partial charge is 0.0640 e. The van der Waals surface area contributed by atoms with E-state index in [1.165, 1.54) is 69.9 Å². The minimum atomic E-state index is 1.12. The Morgan fingerprint density at radius 2 is 0.843 bits per heavy atom. The highest BCUT2D eigenvalue weighted by Crippen LogP contribution is 2.47. The number of hydrogen-bond donors (Lipinski definition) is 0. The van der Waals surface area contributed by atoms with Gasteiger partial charge in [0.15, 0.2) is 0 Å². The maximum Gasteiger partial charge on any atom is 0.0640 e. The standard InChI is InChI=1S/C48H32N2S/c1-3-13-33(14-4-1)35-25-29-37(30-26-35)49(38-31-27-36(28-32-38)34-15-5-2-6-16-34)44-22-12-24-46-47(44)41-19-11-23-45(48(41)51-46)50-42-20-9-7-17-39(42)40-18-8-10-21-43(40)50/h1-32H. The van der Waals surface area contributed by atoms with E-state index in [9.17, 15) is 0 Å². The lowest BCUT2D eigenvalue weighted by Gasteiger charge is -2.27. The molecule has 8 aromatic carbocycles. The van der Waals surface area contributed by atoms with Crippen LogP contribution in [-0.2, 0) is 0 Å². The Morgan fingerprint density at radius 1 is 0.373 bits per heavy atom. The van der Waals surface area contributed by atoms with Crippen molar-refractivity contribution in [2.24, 2.45) is 0 Å². The first-order chi connectivity index (χ1) is 25.3. The van der Waals surface area contributed by atoms with E-state index in [0.717, 1.165) is 17.1 Å². The van der Waals surface area contributed by atoms with Gasteiger partial charge in [0.25, 0.3) is 0 Å². The van der Waals surface area contributed by atoms with Crippen LogP contribution in [0.5, 0.6) is 0 Å². The third-order valence-corrected chi connectivity index (χ3v) is 11.2. The number of rotatable bonds is 6. The predicted octanol–water partition coefficient (Wildman–Crippen LogP) is 14.0. The fourth-order valence-corrected chi connectivity index (χ4v) is 8.88. The lowest BCUT2D eigenvalue weighted by atomic mass is 10.0. The van der Waals surface area contributed by atoms with Crippen molar-refractivity contribution < 1.29 is 0 Å². The molecule has 0 atom stereocenters. The summed E-state index contributed by atoms with van der Waals surface area (Å²) in [5.41, 5.74) is 11.9. The van der Waals surface area contributed by atoms with Crippen molar-refractivity contribution in [3.63, 3.8) is 0 Å². The zero-order valence-corrected chi connectivity index (χ0v) is 28.6. The van der Waals surface area contributed by atoms with Crippen LogP contribution < -0.4 is 4.90 Å². The fraction of sp³-hybridized carbons (Fsp3) is 0. The average molecular weight is 669 g/mol. The second kappa shape index (κ2) is 12.2. The Kier molecular flexibility index (Phi) is 7.04. The van der Waals surface area contributed by atoms with Gasteiger partial charge in [-0.15, -0.1) is 11.3 Å². The normalized spacial score (nSPS) is 11.5. The van der Waals surface area contributed by atoms with Gasteiger partial charge in [0.2, 0.25) is 0 Å². The summed E-state index contributed by atoms with van der Waals surface area (Å²) < 4.78 is 5.00. The van der Waals surface area contributed by atoms with Gasteiger partial charge in [-0.3, -0.25) is 0 Å². The van der Waals surface area contributed by atoms with Gasteiger partial charge in [-0.05, 0) is 76.9 Å². The Labute approximate surface area is 300 Å².